The van der Waals surface area contributed by atoms with E-state index in [-0.39, 0.29) is 18.3 Å². The average molecular weight is 342 g/mol. The van der Waals surface area contributed by atoms with Crippen LogP contribution in [-0.4, -0.2) is 33.4 Å². The molecule has 2 heterocycles. The van der Waals surface area contributed by atoms with Crippen molar-refractivity contribution in [3.05, 3.63) is 47.5 Å². The van der Waals surface area contributed by atoms with E-state index in [0.717, 1.165) is 17.0 Å². The highest BCUT2D eigenvalue weighted by atomic mass is 16.5. The van der Waals surface area contributed by atoms with Crippen molar-refractivity contribution < 1.29 is 18.8 Å². The summed E-state index contributed by atoms with van der Waals surface area (Å²) in [6.45, 7) is 3.84. The van der Waals surface area contributed by atoms with Gasteiger partial charge in [-0.25, -0.2) is 4.79 Å². The van der Waals surface area contributed by atoms with Crippen molar-refractivity contribution in [2.24, 2.45) is 0 Å². The van der Waals surface area contributed by atoms with Gasteiger partial charge >= 0.3 is 5.97 Å². The summed E-state index contributed by atoms with van der Waals surface area (Å²) in [6, 6.07) is 7.21. The summed E-state index contributed by atoms with van der Waals surface area (Å²) in [5, 5.41) is 10.5. The predicted molar refractivity (Wildman–Crippen MR) is 88.1 cm³/mol. The highest BCUT2D eigenvalue weighted by Crippen LogP contribution is 2.21. The zero-order valence-corrected chi connectivity index (χ0v) is 14.1. The molecule has 0 unspecified atom stereocenters. The Bertz CT molecular complexity index is 852. The first-order chi connectivity index (χ1) is 12.1. The molecule has 8 heteroatoms. The van der Waals surface area contributed by atoms with E-state index >= 15 is 0 Å². The van der Waals surface area contributed by atoms with E-state index in [1.807, 2.05) is 26.0 Å². The Morgan fingerprint density at radius 3 is 2.72 bits per heavy atom. The molecule has 0 aliphatic carbocycles. The number of nitrogens with zero attached hydrogens (tertiary/aromatic N) is 3. The first-order valence-corrected chi connectivity index (χ1v) is 7.76. The number of hydrogen-bond acceptors (Lipinski definition) is 7. The van der Waals surface area contributed by atoms with Gasteiger partial charge in [-0.3, -0.25) is 5.10 Å². The number of carbonyl (C=O) groups excluding carboxylic acids is 1. The normalized spacial score (nSPS) is 10.9. The second kappa shape index (κ2) is 7.16. The van der Waals surface area contributed by atoms with Crippen molar-refractivity contribution in [2.45, 2.75) is 26.4 Å². The van der Waals surface area contributed by atoms with Gasteiger partial charge in [-0.15, -0.1) is 0 Å². The number of aromatic nitrogens is 4. The molecule has 0 atom stereocenters. The lowest BCUT2D eigenvalue weighted by Crippen LogP contribution is -2.08. The fraction of sp³-hybridized carbons (Fsp3) is 0.294. The fourth-order valence-corrected chi connectivity index (χ4v) is 2.27. The van der Waals surface area contributed by atoms with Crippen LogP contribution in [0.4, 0.5) is 0 Å². The second-order valence-electron chi connectivity index (χ2n) is 5.67. The molecule has 3 rings (SSSR count). The maximum atomic E-state index is 12.2. The van der Waals surface area contributed by atoms with E-state index < -0.39 is 5.97 Å². The second-order valence-corrected chi connectivity index (χ2v) is 5.67. The molecule has 1 N–H and O–H groups in total. The van der Waals surface area contributed by atoms with E-state index in [1.165, 1.54) is 6.20 Å². The molecule has 0 spiro atoms. The summed E-state index contributed by atoms with van der Waals surface area (Å²) in [7, 11) is 1.60. The number of ether oxygens (including phenoxy) is 2. The van der Waals surface area contributed by atoms with Crippen molar-refractivity contribution in [1.29, 1.82) is 0 Å². The van der Waals surface area contributed by atoms with Gasteiger partial charge in [0.05, 0.1) is 19.0 Å². The molecule has 0 fully saturated rings. The van der Waals surface area contributed by atoms with Crippen LogP contribution in [0.25, 0.3) is 11.5 Å². The van der Waals surface area contributed by atoms with Crippen LogP contribution in [0.15, 0.2) is 35.0 Å². The van der Waals surface area contributed by atoms with E-state index in [9.17, 15) is 4.79 Å². The van der Waals surface area contributed by atoms with E-state index in [1.54, 1.807) is 19.2 Å². The van der Waals surface area contributed by atoms with Gasteiger partial charge < -0.3 is 14.0 Å². The van der Waals surface area contributed by atoms with Crippen LogP contribution in [0.3, 0.4) is 0 Å². The standard InChI is InChI=1S/C17H18N4O4/c1-10(2)15-13(8-18-20-15)17(22)24-9-14-19-16(25-21-14)11-4-6-12(23-3)7-5-11/h4-8,10H,9H2,1-3H3,(H,18,20). The smallest absolute Gasteiger partial charge is 0.342 e. The summed E-state index contributed by atoms with van der Waals surface area (Å²) >= 11 is 0. The number of carbonyl (C=O) groups is 1. The third kappa shape index (κ3) is 3.68. The topological polar surface area (TPSA) is 103 Å². The van der Waals surface area contributed by atoms with Gasteiger partial charge in [-0.2, -0.15) is 10.1 Å². The molecule has 0 aliphatic rings. The number of aromatic amines is 1. The average Bonchev–Trinajstić information content (AvgIpc) is 3.29. The molecule has 25 heavy (non-hydrogen) atoms. The first kappa shape index (κ1) is 16.7. The zero-order chi connectivity index (χ0) is 17.8. The van der Waals surface area contributed by atoms with Gasteiger partial charge in [0, 0.05) is 5.56 Å². The minimum Gasteiger partial charge on any atom is -0.497 e. The number of methoxy groups -OCH3 is 1. The van der Waals surface area contributed by atoms with Crippen molar-refractivity contribution in [2.75, 3.05) is 7.11 Å². The lowest BCUT2D eigenvalue weighted by atomic mass is 10.1. The van der Waals surface area contributed by atoms with Crippen molar-refractivity contribution in [3.63, 3.8) is 0 Å². The van der Waals surface area contributed by atoms with Crippen LogP contribution < -0.4 is 4.74 Å². The van der Waals surface area contributed by atoms with Crippen LogP contribution in [-0.2, 0) is 11.3 Å². The Balaban J connectivity index is 1.65. The molecule has 0 bridgehead atoms. The highest BCUT2D eigenvalue weighted by molar-refractivity contribution is 5.90. The SMILES string of the molecule is COc1ccc(-c2nc(COC(=O)c3cn[nH]c3C(C)C)no2)cc1. The minimum absolute atomic E-state index is 0.0821. The van der Waals surface area contributed by atoms with Gasteiger partial charge in [0.2, 0.25) is 5.82 Å². The third-order valence-corrected chi connectivity index (χ3v) is 3.60. The largest absolute Gasteiger partial charge is 0.497 e. The molecule has 3 aromatic rings. The molecule has 1 aromatic carbocycles. The lowest BCUT2D eigenvalue weighted by molar-refractivity contribution is 0.0458. The minimum atomic E-state index is -0.478. The Morgan fingerprint density at radius 2 is 2.04 bits per heavy atom. The quantitative estimate of drug-likeness (QED) is 0.687. The van der Waals surface area contributed by atoms with Gasteiger partial charge in [0.15, 0.2) is 6.61 Å². The van der Waals surface area contributed by atoms with Gasteiger partial charge in [-0.1, -0.05) is 19.0 Å². The molecule has 0 aliphatic heterocycles. The Hall–Kier alpha value is -3.16. The number of hydrogen-bond donors (Lipinski definition) is 1. The van der Waals surface area contributed by atoms with E-state index in [4.69, 9.17) is 14.0 Å². The van der Waals surface area contributed by atoms with Crippen LogP contribution in [0, 0.1) is 0 Å². The summed E-state index contributed by atoms with van der Waals surface area (Å²) in [5.74, 6) is 1.03. The summed E-state index contributed by atoms with van der Waals surface area (Å²) in [4.78, 5) is 16.4. The number of rotatable bonds is 6. The van der Waals surface area contributed by atoms with Gasteiger partial charge in [-0.05, 0) is 30.2 Å². The summed E-state index contributed by atoms with van der Waals surface area (Å²) in [6.07, 6.45) is 1.46. The van der Waals surface area contributed by atoms with Gasteiger partial charge in [0.25, 0.3) is 5.89 Å². The highest BCUT2D eigenvalue weighted by Gasteiger charge is 2.18. The maximum absolute atomic E-state index is 12.2. The van der Waals surface area contributed by atoms with Gasteiger partial charge in [0.1, 0.15) is 11.3 Å². The van der Waals surface area contributed by atoms with Crippen LogP contribution in [0.5, 0.6) is 5.75 Å². The number of H-pyrrole nitrogens is 1. The molecule has 130 valence electrons. The summed E-state index contributed by atoms with van der Waals surface area (Å²) < 4.78 is 15.5. The number of esters is 1. The molecule has 0 radical (unpaired) electrons. The third-order valence-electron chi connectivity index (χ3n) is 3.60. The van der Waals surface area contributed by atoms with Crippen molar-refractivity contribution in [1.82, 2.24) is 20.3 Å². The molecule has 2 aromatic heterocycles. The van der Waals surface area contributed by atoms with Crippen molar-refractivity contribution >= 4 is 5.97 Å². The first-order valence-electron chi connectivity index (χ1n) is 7.76. The number of nitrogens with one attached hydrogen (secondary N) is 1. The molecule has 8 nitrogen and oxygen atoms in total. The Labute approximate surface area is 144 Å². The maximum Gasteiger partial charge on any atom is 0.342 e. The molecular weight excluding hydrogens is 324 g/mol. The van der Waals surface area contributed by atoms with Crippen LogP contribution in [0.1, 0.15) is 41.6 Å². The zero-order valence-electron chi connectivity index (χ0n) is 14.1. The molecule has 0 saturated heterocycles. The van der Waals surface area contributed by atoms with Crippen LogP contribution in [0.2, 0.25) is 0 Å². The molecule has 0 amide bonds. The summed E-state index contributed by atoms with van der Waals surface area (Å²) in [5.41, 5.74) is 1.90. The van der Waals surface area contributed by atoms with E-state index in [0.29, 0.717) is 11.5 Å². The fourth-order valence-electron chi connectivity index (χ4n) is 2.27. The van der Waals surface area contributed by atoms with E-state index in [2.05, 4.69) is 20.3 Å². The van der Waals surface area contributed by atoms with Crippen molar-refractivity contribution in [3.8, 4) is 17.2 Å². The molecular formula is C17H18N4O4. The lowest BCUT2D eigenvalue weighted by Gasteiger charge is -2.05. The Morgan fingerprint density at radius 1 is 1.28 bits per heavy atom. The number of benzene rings is 1. The monoisotopic (exact) mass is 342 g/mol. The Kier molecular flexibility index (Phi) is 4.78. The predicted octanol–water partition coefficient (Wildman–Crippen LogP) is 2.95. The molecule has 0 saturated carbocycles. The van der Waals surface area contributed by atoms with Crippen LogP contribution >= 0.6 is 0 Å².